The molecule has 2 aromatic heterocycles. The molecule has 2 aliphatic carbocycles. The minimum absolute atomic E-state index is 0.0563. The molecule has 0 saturated carbocycles. The van der Waals surface area contributed by atoms with Gasteiger partial charge in [-0.15, -0.1) is 0 Å². The van der Waals surface area contributed by atoms with E-state index < -0.39 is 46.6 Å². The molecule has 12 heteroatoms. The number of hydrogen-bond donors (Lipinski definition) is 3. The lowest BCUT2D eigenvalue weighted by atomic mass is 9.64. The number of allylic oxidation sites excluding steroid dienone is 21. The second-order valence-electron chi connectivity index (χ2n) is 19.1. The number of aromatic nitrogens is 2. The molecule has 3 atom stereocenters. The molecule has 0 saturated heterocycles. The van der Waals surface area contributed by atoms with Gasteiger partial charge < -0.3 is 20.5 Å². The Hall–Kier alpha value is -7.34. The summed E-state index contributed by atoms with van der Waals surface area (Å²) in [5.41, 5.74) is 6.74. The summed E-state index contributed by atoms with van der Waals surface area (Å²) in [6.45, 7) is 19.5. The highest BCUT2D eigenvalue weighted by Crippen LogP contribution is 2.45. The number of Topliss-reactive ketones (excluding diaryl/α,β-unsaturated/α-hetero) is 2. The van der Waals surface area contributed by atoms with Crippen LogP contribution in [0.3, 0.4) is 0 Å². The summed E-state index contributed by atoms with van der Waals surface area (Å²) in [6.07, 6.45) is 33.5. The fraction of sp³-hybridized carbons (Fsp3) is 0.345. The molecule has 12 nitrogen and oxygen atoms in total. The van der Waals surface area contributed by atoms with E-state index >= 15 is 0 Å². The first-order valence-corrected chi connectivity index (χ1v) is 23.5. The van der Waals surface area contributed by atoms with Gasteiger partial charge in [-0.1, -0.05) is 135 Å². The fourth-order valence-electron chi connectivity index (χ4n) is 8.41. The number of nitrogens with zero attached hydrogens (tertiary/aromatic N) is 2. The standard InChI is InChI=1S/C58H68N4O8/c1-38(19-13-21-40(3)25-27-48-42(5)52(64)46(33-57(48,7)8)47(56(68)69)37-62-55(67)45-24-16-31-60-36-45)17-11-12-18-39(2)20-14-22-41(4)26-28-49-43(6)53(65)50(34-58(49,9)10)70-51(63)29-32-61-54(66)44-23-15-30-59-35-44/h11-28,30-31,35-36,46-47,50H,29,32-34,37H2,1-10H3,(H,61,66)(H,62,67)(H,68,69)/b12-11+,19-13+,20-14+,27-25+,28-26+,38-17+,39-18+,40-21+,41-22+/t46-,47?,50-/m0/s1. The van der Waals surface area contributed by atoms with Gasteiger partial charge in [0.25, 0.3) is 11.8 Å². The number of carbonyl (C=O) groups excluding carboxylic acids is 5. The number of rotatable bonds is 20. The second kappa shape index (κ2) is 25.9. The number of carboxylic acids is 1. The van der Waals surface area contributed by atoms with Crippen LogP contribution in [0, 0.1) is 22.7 Å². The first-order chi connectivity index (χ1) is 33.1. The van der Waals surface area contributed by atoms with Crippen LogP contribution in [0.1, 0.15) is 109 Å². The zero-order valence-electron chi connectivity index (χ0n) is 42.2. The highest BCUT2D eigenvalue weighted by atomic mass is 16.5. The largest absolute Gasteiger partial charge is 0.481 e. The predicted octanol–water partition coefficient (Wildman–Crippen LogP) is 10.5. The summed E-state index contributed by atoms with van der Waals surface area (Å²) < 4.78 is 5.60. The van der Waals surface area contributed by atoms with Gasteiger partial charge in [-0.05, 0) is 105 Å². The van der Waals surface area contributed by atoms with Crippen molar-refractivity contribution in [2.24, 2.45) is 22.7 Å². The van der Waals surface area contributed by atoms with Gasteiger partial charge in [0.05, 0.1) is 23.5 Å². The average molecular weight is 949 g/mol. The normalized spacial score (nSPS) is 19.8. The van der Waals surface area contributed by atoms with Crippen LogP contribution >= 0.6 is 0 Å². The Morgan fingerprint density at radius 3 is 1.63 bits per heavy atom. The molecule has 2 aliphatic rings. The van der Waals surface area contributed by atoms with Crippen LogP contribution in [-0.4, -0.2) is 69.6 Å². The molecule has 4 rings (SSSR count). The van der Waals surface area contributed by atoms with E-state index in [1.807, 2.05) is 140 Å². The number of carbonyl (C=O) groups is 6. The molecular weight excluding hydrogens is 881 g/mol. The lowest BCUT2D eigenvalue weighted by Gasteiger charge is -2.39. The number of ketones is 2. The van der Waals surface area contributed by atoms with Gasteiger partial charge in [0.2, 0.25) is 0 Å². The monoisotopic (exact) mass is 949 g/mol. The number of esters is 1. The molecular formula is C58H68N4O8. The second-order valence-corrected chi connectivity index (χ2v) is 19.1. The van der Waals surface area contributed by atoms with Crippen molar-refractivity contribution in [3.8, 4) is 0 Å². The number of amides is 2. The summed E-state index contributed by atoms with van der Waals surface area (Å²) in [5, 5.41) is 15.4. The Labute approximate surface area is 413 Å². The Morgan fingerprint density at radius 2 is 1.14 bits per heavy atom. The molecule has 0 aromatic carbocycles. The Bertz CT molecular complexity index is 2630. The van der Waals surface area contributed by atoms with Crippen LogP contribution in [-0.2, 0) is 23.9 Å². The number of pyridine rings is 2. The highest BCUT2D eigenvalue weighted by molar-refractivity contribution is 6.02. The number of hydrogen-bond acceptors (Lipinski definition) is 9. The summed E-state index contributed by atoms with van der Waals surface area (Å²) in [5.74, 6) is -4.74. The van der Waals surface area contributed by atoms with E-state index in [2.05, 4.69) is 20.6 Å². The number of aliphatic carboxylic acids is 1. The first kappa shape index (κ1) is 55.3. The maximum Gasteiger partial charge on any atom is 0.309 e. The zero-order chi connectivity index (χ0) is 51.6. The van der Waals surface area contributed by atoms with Gasteiger partial charge in [0.15, 0.2) is 17.7 Å². The van der Waals surface area contributed by atoms with Crippen LogP contribution in [0.5, 0.6) is 0 Å². The van der Waals surface area contributed by atoms with E-state index in [9.17, 15) is 33.9 Å². The van der Waals surface area contributed by atoms with Crippen LogP contribution in [0.15, 0.2) is 179 Å². The molecule has 0 bridgehead atoms. The summed E-state index contributed by atoms with van der Waals surface area (Å²) in [7, 11) is 0. The van der Waals surface area contributed by atoms with Crippen molar-refractivity contribution in [1.29, 1.82) is 0 Å². The molecule has 0 fully saturated rings. The molecule has 2 amide bonds. The van der Waals surface area contributed by atoms with Crippen LogP contribution in [0.2, 0.25) is 0 Å². The van der Waals surface area contributed by atoms with Gasteiger partial charge in [-0.3, -0.25) is 38.7 Å². The van der Waals surface area contributed by atoms with E-state index in [1.54, 1.807) is 50.5 Å². The summed E-state index contributed by atoms with van der Waals surface area (Å²) >= 11 is 0. The summed E-state index contributed by atoms with van der Waals surface area (Å²) in [4.78, 5) is 84.6. The smallest absolute Gasteiger partial charge is 0.309 e. The van der Waals surface area contributed by atoms with E-state index in [0.717, 1.165) is 33.4 Å². The zero-order valence-corrected chi connectivity index (χ0v) is 42.2. The van der Waals surface area contributed by atoms with E-state index in [0.29, 0.717) is 35.1 Å². The molecule has 70 heavy (non-hydrogen) atoms. The maximum atomic E-state index is 13.6. The van der Waals surface area contributed by atoms with Crippen molar-refractivity contribution < 1.29 is 38.6 Å². The Kier molecular flexibility index (Phi) is 20.4. The number of carboxylic acid groups (broad SMARTS) is 1. The van der Waals surface area contributed by atoms with Crippen molar-refractivity contribution in [3.05, 3.63) is 190 Å². The average Bonchev–Trinajstić information content (AvgIpc) is 3.31. The van der Waals surface area contributed by atoms with E-state index in [-0.39, 0.29) is 37.0 Å². The third-order valence-electron chi connectivity index (χ3n) is 12.4. The SMILES string of the molecule is CC1=C(/C=C/C(C)=C/C=C/C(C)=C/C=C/C=C(C)/C=C/C=C(C)/C=C/C2=C(C)C(=O)[C@H](C(CNC(=O)c3cccnc3)C(=O)O)CC2(C)C)C(C)(C)C[C@H](OC(=O)CCNC(=O)c2cccnc2)C1=O. The van der Waals surface area contributed by atoms with Crippen LogP contribution < -0.4 is 10.6 Å². The minimum Gasteiger partial charge on any atom is -0.481 e. The van der Waals surface area contributed by atoms with Crippen molar-refractivity contribution in [1.82, 2.24) is 20.6 Å². The van der Waals surface area contributed by atoms with E-state index in [1.165, 1.54) is 12.4 Å². The molecule has 0 spiro atoms. The Morgan fingerprint density at radius 1 is 0.686 bits per heavy atom. The third-order valence-corrected chi connectivity index (χ3v) is 12.4. The highest BCUT2D eigenvalue weighted by Gasteiger charge is 2.44. The van der Waals surface area contributed by atoms with Gasteiger partial charge in [0.1, 0.15) is 0 Å². The predicted molar refractivity (Wildman–Crippen MR) is 275 cm³/mol. The van der Waals surface area contributed by atoms with Gasteiger partial charge in [-0.25, -0.2) is 0 Å². The van der Waals surface area contributed by atoms with Crippen molar-refractivity contribution in [3.63, 3.8) is 0 Å². The first-order valence-electron chi connectivity index (χ1n) is 23.5. The molecule has 2 aromatic rings. The van der Waals surface area contributed by atoms with Crippen LogP contribution in [0.25, 0.3) is 0 Å². The molecule has 0 aliphatic heterocycles. The maximum absolute atomic E-state index is 13.6. The van der Waals surface area contributed by atoms with Gasteiger partial charge >= 0.3 is 11.9 Å². The molecule has 1 unspecified atom stereocenters. The van der Waals surface area contributed by atoms with Gasteiger partial charge in [-0.2, -0.15) is 0 Å². The Balaban J connectivity index is 1.27. The quantitative estimate of drug-likeness (QED) is 0.0853. The number of nitrogens with one attached hydrogen (secondary N) is 2. The van der Waals surface area contributed by atoms with Gasteiger partial charge in [0, 0.05) is 50.2 Å². The third kappa shape index (κ3) is 16.4. The molecule has 0 radical (unpaired) electrons. The van der Waals surface area contributed by atoms with Crippen molar-refractivity contribution in [2.75, 3.05) is 13.1 Å². The van der Waals surface area contributed by atoms with E-state index in [4.69, 9.17) is 4.74 Å². The minimum atomic E-state index is -1.13. The molecule has 368 valence electrons. The lowest BCUT2D eigenvalue weighted by Crippen LogP contribution is -2.44. The summed E-state index contributed by atoms with van der Waals surface area (Å²) in [6, 6.07) is 6.51. The number of ether oxygens (including phenoxy) is 1. The fourth-order valence-corrected chi connectivity index (χ4v) is 8.41. The topological polar surface area (TPSA) is 182 Å². The van der Waals surface area contributed by atoms with Crippen molar-refractivity contribution >= 4 is 35.3 Å². The lowest BCUT2D eigenvalue weighted by molar-refractivity contribution is -0.155. The van der Waals surface area contributed by atoms with Crippen molar-refractivity contribution in [2.45, 2.75) is 94.6 Å². The molecule has 2 heterocycles. The van der Waals surface area contributed by atoms with Crippen LogP contribution in [0.4, 0.5) is 0 Å². The molecule has 3 N–H and O–H groups in total.